The van der Waals surface area contributed by atoms with Gasteiger partial charge in [0.25, 0.3) is 0 Å². The third-order valence-electron chi connectivity index (χ3n) is 5.42. The molecule has 2 aromatic carbocycles. The van der Waals surface area contributed by atoms with Crippen LogP contribution in [0.15, 0.2) is 36.4 Å². The predicted molar refractivity (Wildman–Crippen MR) is 115 cm³/mol. The number of nitrogens with one attached hydrogen (secondary N) is 1. The average molecular weight is 432 g/mol. The number of carbonyl (C=O) groups is 1. The minimum Gasteiger partial charge on any atom is -0.492 e. The van der Waals surface area contributed by atoms with E-state index in [0.29, 0.717) is 24.5 Å². The molecule has 31 heavy (non-hydrogen) atoms. The quantitative estimate of drug-likeness (QED) is 0.563. The number of aliphatic hydroxyl groups is 1. The molecular formula is C24H30FNO5. The van der Waals surface area contributed by atoms with Crippen LogP contribution in [0.2, 0.25) is 0 Å². The van der Waals surface area contributed by atoms with E-state index in [1.165, 1.54) is 6.07 Å². The van der Waals surface area contributed by atoms with Crippen LogP contribution in [-0.2, 0) is 29.0 Å². The number of fused-ring (bicyclic) bond motifs is 1. The standard InChI is InChI=1S/C24H30FNO5/c1-3-16-6-5-7-22(25)21(16)15-30-20-9-8-17-10-19(14-31-23(17)11-20)26-12-18(13-27)24(28)29-4-2/h5-9,11,18-19,26-27H,3-4,10,12-15H2,1-2H3. The van der Waals surface area contributed by atoms with Crippen LogP contribution in [0.4, 0.5) is 4.39 Å². The molecule has 1 aliphatic heterocycles. The van der Waals surface area contributed by atoms with Gasteiger partial charge in [0.1, 0.15) is 30.5 Å². The van der Waals surface area contributed by atoms with Crippen LogP contribution < -0.4 is 14.8 Å². The van der Waals surface area contributed by atoms with Crippen molar-refractivity contribution >= 4 is 5.97 Å². The van der Waals surface area contributed by atoms with Crippen molar-refractivity contribution < 1.29 is 28.5 Å². The Morgan fingerprint density at radius 3 is 2.90 bits per heavy atom. The largest absolute Gasteiger partial charge is 0.492 e. The van der Waals surface area contributed by atoms with E-state index >= 15 is 0 Å². The maximum atomic E-state index is 14.1. The normalized spacial score (nSPS) is 16.2. The number of hydrogen-bond donors (Lipinski definition) is 2. The van der Waals surface area contributed by atoms with Gasteiger partial charge >= 0.3 is 5.97 Å². The first-order chi connectivity index (χ1) is 15.0. The molecule has 1 heterocycles. The van der Waals surface area contributed by atoms with Crippen molar-refractivity contribution in [1.82, 2.24) is 5.32 Å². The summed E-state index contributed by atoms with van der Waals surface area (Å²) in [5, 5.41) is 12.7. The Morgan fingerprint density at radius 2 is 2.16 bits per heavy atom. The van der Waals surface area contributed by atoms with E-state index in [0.717, 1.165) is 29.7 Å². The Balaban J connectivity index is 1.57. The molecule has 3 rings (SSSR count). The Bertz CT molecular complexity index is 888. The van der Waals surface area contributed by atoms with Crippen LogP contribution in [0, 0.1) is 11.7 Å². The van der Waals surface area contributed by atoms with Gasteiger partial charge in [0.15, 0.2) is 0 Å². The Kier molecular flexibility index (Phi) is 8.26. The summed E-state index contributed by atoms with van der Waals surface area (Å²) in [7, 11) is 0. The lowest BCUT2D eigenvalue weighted by molar-refractivity contribution is -0.149. The van der Waals surface area contributed by atoms with Gasteiger partial charge in [0.05, 0.1) is 19.1 Å². The molecule has 7 heteroatoms. The molecule has 0 radical (unpaired) electrons. The zero-order valence-electron chi connectivity index (χ0n) is 18.0. The third-order valence-corrected chi connectivity index (χ3v) is 5.42. The Hall–Kier alpha value is -2.64. The first-order valence-electron chi connectivity index (χ1n) is 10.7. The fraction of sp³-hybridized carbons (Fsp3) is 0.458. The molecular weight excluding hydrogens is 401 g/mol. The van der Waals surface area contributed by atoms with Crippen molar-refractivity contribution in [2.24, 2.45) is 5.92 Å². The lowest BCUT2D eigenvalue weighted by atomic mass is 10.0. The first-order valence-corrected chi connectivity index (χ1v) is 10.7. The van der Waals surface area contributed by atoms with E-state index < -0.39 is 11.9 Å². The molecule has 0 aliphatic carbocycles. The molecule has 2 unspecified atom stereocenters. The minimum absolute atomic E-state index is 0.0215. The van der Waals surface area contributed by atoms with Gasteiger partial charge in [-0.1, -0.05) is 25.1 Å². The van der Waals surface area contributed by atoms with Crippen LogP contribution in [0.1, 0.15) is 30.5 Å². The molecule has 0 spiro atoms. The fourth-order valence-electron chi connectivity index (χ4n) is 3.62. The lowest BCUT2D eigenvalue weighted by Crippen LogP contribution is -2.43. The number of hydrogen-bond acceptors (Lipinski definition) is 6. The predicted octanol–water partition coefficient (Wildman–Crippen LogP) is 3.03. The van der Waals surface area contributed by atoms with Gasteiger partial charge in [-0.2, -0.15) is 0 Å². The molecule has 0 aromatic heterocycles. The third kappa shape index (κ3) is 5.95. The molecule has 2 atom stereocenters. The van der Waals surface area contributed by atoms with E-state index in [1.54, 1.807) is 13.0 Å². The number of halogens is 1. The fourth-order valence-corrected chi connectivity index (χ4v) is 3.62. The number of rotatable bonds is 10. The van der Waals surface area contributed by atoms with Crippen molar-refractivity contribution in [2.75, 3.05) is 26.4 Å². The van der Waals surface area contributed by atoms with Gasteiger partial charge in [0.2, 0.25) is 0 Å². The molecule has 168 valence electrons. The smallest absolute Gasteiger partial charge is 0.312 e. The highest BCUT2D eigenvalue weighted by Crippen LogP contribution is 2.30. The first kappa shape index (κ1) is 23.0. The van der Waals surface area contributed by atoms with E-state index in [1.807, 2.05) is 31.2 Å². The second kappa shape index (κ2) is 11.1. The van der Waals surface area contributed by atoms with Crippen LogP contribution in [0.25, 0.3) is 0 Å². The summed E-state index contributed by atoms with van der Waals surface area (Å²) < 4.78 is 30.8. The van der Waals surface area contributed by atoms with Crippen molar-refractivity contribution in [3.8, 4) is 11.5 Å². The van der Waals surface area contributed by atoms with Crippen molar-refractivity contribution in [2.45, 2.75) is 39.3 Å². The molecule has 0 amide bonds. The molecule has 0 saturated carbocycles. The average Bonchev–Trinajstić information content (AvgIpc) is 2.78. The molecule has 2 N–H and O–H groups in total. The van der Waals surface area contributed by atoms with Crippen LogP contribution in [-0.4, -0.2) is 43.5 Å². The van der Waals surface area contributed by atoms with E-state index in [-0.39, 0.29) is 31.7 Å². The van der Waals surface area contributed by atoms with Gasteiger partial charge in [0, 0.05) is 24.2 Å². The molecule has 0 fully saturated rings. The summed E-state index contributed by atoms with van der Waals surface area (Å²) >= 11 is 0. The van der Waals surface area contributed by atoms with Crippen molar-refractivity contribution in [1.29, 1.82) is 0 Å². The van der Waals surface area contributed by atoms with Gasteiger partial charge in [-0.25, -0.2) is 4.39 Å². The van der Waals surface area contributed by atoms with Gasteiger partial charge in [-0.15, -0.1) is 0 Å². The van der Waals surface area contributed by atoms with Crippen molar-refractivity contribution in [3.05, 3.63) is 58.9 Å². The van der Waals surface area contributed by atoms with E-state index in [2.05, 4.69) is 5.32 Å². The maximum Gasteiger partial charge on any atom is 0.312 e. The highest BCUT2D eigenvalue weighted by molar-refractivity contribution is 5.72. The number of benzene rings is 2. The van der Waals surface area contributed by atoms with E-state index in [9.17, 15) is 14.3 Å². The van der Waals surface area contributed by atoms with Crippen LogP contribution >= 0.6 is 0 Å². The number of aliphatic hydroxyl groups excluding tert-OH is 1. The SMILES string of the molecule is CCOC(=O)C(CO)CNC1COc2cc(OCc3c(F)cccc3CC)ccc2C1. The highest BCUT2D eigenvalue weighted by atomic mass is 19.1. The highest BCUT2D eigenvalue weighted by Gasteiger charge is 2.24. The number of ether oxygens (including phenoxy) is 3. The zero-order valence-corrected chi connectivity index (χ0v) is 18.0. The Morgan fingerprint density at radius 1 is 1.32 bits per heavy atom. The minimum atomic E-state index is -0.594. The molecule has 6 nitrogen and oxygen atoms in total. The monoisotopic (exact) mass is 431 g/mol. The summed E-state index contributed by atoms with van der Waals surface area (Å²) in [6.07, 6.45) is 1.47. The molecule has 1 aliphatic rings. The molecule has 0 bridgehead atoms. The number of aryl methyl sites for hydroxylation is 1. The Labute approximate surface area is 182 Å². The summed E-state index contributed by atoms with van der Waals surface area (Å²) in [5.41, 5.74) is 2.54. The topological polar surface area (TPSA) is 77.0 Å². The van der Waals surface area contributed by atoms with Gasteiger partial charge < -0.3 is 24.6 Å². The summed E-state index contributed by atoms with van der Waals surface area (Å²) in [6, 6.07) is 10.7. The van der Waals surface area contributed by atoms with Gasteiger partial charge in [-0.3, -0.25) is 4.79 Å². The summed E-state index contributed by atoms with van der Waals surface area (Å²) in [5.74, 6) is 0.106. The summed E-state index contributed by atoms with van der Waals surface area (Å²) in [4.78, 5) is 11.8. The summed E-state index contributed by atoms with van der Waals surface area (Å²) in [6.45, 7) is 4.67. The maximum absolute atomic E-state index is 14.1. The second-order valence-electron chi connectivity index (χ2n) is 7.54. The molecule has 2 aromatic rings. The van der Waals surface area contributed by atoms with E-state index in [4.69, 9.17) is 14.2 Å². The second-order valence-corrected chi connectivity index (χ2v) is 7.54. The van der Waals surface area contributed by atoms with Crippen LogP contribution in [0.5, 0.6) is 11.5 Å². The number of carbonyl (C=O) groups excluding carboxylic acids is 1. The molecule has 0 saturated heterocycles. The zero-order chi connectivity index (χ0) is 22.2. The van der Waals surface area contributed by atoms with Crippen LogP contribution in [0.3, 0.4) is 0 Å². The number of esters is 1. The van der Waals surface area contributed by atoms with Crippen molar-refractivity contribution in [3.63, 3.8) is 0 Å². The van der Waals surface area contributed by atoms with Gasteiger partial charge in [-0.05, 0) is 43.0 Å². The lowest BCUT2D eigenvalue weighted by Gasteiger charge is -2.27.